The molecule has 2 N–H and O–H groups in total. The summed E-state index contributed by atoms with van der Waals surface area (Å²) in [4.78, 5) is 8.36. The minimum absolute atomic E-state index is 0.482. The predicted octanol–water partition coefficient (Wildman–Crippen LogP) is 4.11. The van der Waals surface area contributed by atoms with E-state index in [0.29, 0.717) is 43.1 Å². The fraction of sp³-hybridized carbons (Fsp3) is 0.227. The molecule has 0 saturated carbocycles. The summed E-state index contributed by atoms with van der Waals surface area (Å²) in [5.41, 5.74) is 1.18. The number of rotatable bonds is 4. The standard InChI is InChI=1S/C22H21FN6/c23-22(8-10-24-11-9-22)16-4-3-5-17(14-16)29-19-7-2-1-6-18(19)21(28-29)27-20-15-25-12-13-26-20/h1-7,12-15,24H,8-11H2,(H,26,27,28). The number of benzene rings is 2. The number of fused-ring (bicyclic) bond motifs is 1. The van der Waals surface area contributed by atoms with Gasteiger partial charge < -0.3 is 10.6 Å². The molecule has 0 amide bonds. The third kappa shape index (κ3) is 3.34. The minimum Gasteiger partial charge on any atom is -0.322 e. The Labute approximate surface area is 167 Å². The highest BCUT2D eigenvalue weighted by Gasteiger charge is 2.33. The first-order chi connectivity index (χ1) is 14.2. The summed E-state index contributed by atoms with van der Waals surface area (Å²) in [7, 11) is 0. The summed E-state index contributed by atoms with van der Waals surface area (Å²) in [6, 6.07) is 15.6. The van der Waals surface area contributed by atoms with Crippen LogP contribution in [0.1, 0.15) is 18.4 Å². The van der Waals surface area contributed by atoms with Crippen LogP contribution >= 0.6 is 0 Å². The third-order valence-corrected chi connectivity index (χ3v) is 5.40. The molecule has 0 spiro atoms. The van der Waals surface area contributed by atoms with Gasteiger partial charge in [-0.2, -0.15) is 0 Å². The first kappa shape index (κ1) is 17.8. The Morgan fingerprint density at radius 2 is 1.90 bits per heavy atom. The zero-order valence-electron chi connectivity index (χ0n) is 15.8. The van der Waals surface area contributed by atoms with Gasteiger partial charge in [-0.25, -0.2) is 14.1 Å². The highest BCUT2D eigenvalue weighted by molar-refractivity contribution is 5.92. The van der Waals surface area contributed by atoms with Crippen LogP contribution in [0.2, 0.25) is 0 Å². The maximum absolute atomic E-state index is 15.5. The SMILES string of the molecule is FC1(c2cccc(-n3nc(Nc4cnccn4)c4ccccc43)c2)CCNCC1. The Kier molecular flexibility index (Phi) is 4.44. The first-order valence-corrected chi connectivity index (χ1v) is 9.74. The number of alkyl halides is 1. The smallest absolute Gasteiger partial charge is 0.162 e. The van der Waals surface area contributed by atoms with Gasteiger partial charge in [-0.05, 0) is 55.8 Å². The van der Waals surface area contributed by atoms with Crippen LogP contribution in [0, 0.1) is 0 Å². The molecule has 1 saturated heterocycles. The second-order valence-corrected chi connectivity index (χ2v) is 7.26. The van der Waals surface area contributed by atoms with Gasteiger partial charge in [0.2, 0.25) is 0 Å². The largest absolute Gasteiger partial charge is 0.322 e. The maximum Gasteiger partial charge on any atom is 0.162 e. The normalized spacial score (nSPS) is 16.0. The molecule has 0 atom stereocenters. The quantitative estimate of drug-likeness (QED) is 0.551. The van der Waals surface area contributed by atoms with Crippen molar-refractivity contribution in [2.45, 2.75) is 18.5 Å². The molecule has 1 fully saturated rings. The van der Waals surface area contributed by atoms with Crippen LogP contribution in [-0.4, -0.2) is 32.8 Å². The number of halogens is 1. The Morgan fingerprint density at radius 3 is 2.72 bits per heavy atom. The van der Waals surface area contributed by atoms with Gasteiger partial charge >= 0.3 is 0 Å². The van der Waals surface area contributed by atoms with Gasteiger partial charge in [-0.1, -0.05) is 24.3 Å². The number of anilines is 2. The first-order valence-electron chi connectivity index (χ1n) is 9.74. The van der Waals surface area contributed by atoms with E-state index in [9.17, 15) is 0 Å². The molecule has 1 aliphatic heterocycles. The van der Waals surface area contributed by atoms with Crippen LogP contribution in [0.4, 0.5) is 16.0 Å². The van der Waals surface area contributed by atoms with E-state index in [1.54, 1.807) is 18.6 Å². The summed E-state index contributed by atoms with van der Waals surface area (Å²) in [6.45, 7) is 1.38. The Balaban J connectivity index is 1.58. The van der Waals surface area contributed by atoms with Crippen LogP contribution in [0.25, 0.3) is 16.6 Å². The molecule has 0 bridgehead atoms. The Bertz CT molecular complexity index is 1130. The van der Waals surface area contributed by atoms with Gasteiger partial charge in [0.25, 0.3) is 0 Å². The van der Waals surface area contributed by atoms with Crippen molar-refractivity contribution in [3.63, 3.8) is 0 Å². The Hall–Kier alpha value is -3.32. The van der Waals surface area contributed by atoms with Gasteiger partial charge in [0.15, 0.2) is 5.82 Å². The van der Waals surface area contributed by atoms with E-state index in [2.05, 4.69) is 20.6 Å². The number of piperidine rings is 1. The van der Waals surface area contributed by atoms with Crippen molar-refractivity contribution in [3.8, 4) is 5.69 Å². The lowest BCUT2D eigenvalue weighted by Gasteiger charge is -2.30. The number of para-hydroxylation sites is 1. The zero-order valence-corrected chi connectivity index (χ0v) is 15.8. The average molecular weight is 388 g/mol. The van der Waals surface area contributed by atoms with Gasteiger partial charge in [0.05, 0.1) is 17.4 Å². The van der Waals surface area contributed by atoms with Gasteiger partial charge in [0, 0.05) is 17.8 Å². The van der Waals surface area contributed by atoms with E-state index < -0.39 is 5.67 Å². The molecule has 3 heterocycles. The number of hydrogen-bond donors (Lipinski definition) is 2. The van der Waals surface area contributed by atoms with Gasteiger partial charge in [-0.15, -0.1) is 5.10 Å². The fourth-order valence-corrected chi connectivity index (χ4v) is 3.87. The van der Waals surface area contributed by atoms with Crippen molar-refractivity contribution in [2.24, 2.45) is 0 Å². The lowest BCUT2D eigenvalue weighted by molar-refractivity contribution is 0.115. The number of nitrogens with zero attached hydrogens (tertiary/aromatic N) is 4. The molecule has 2 aromatic heterocycles. The van der Waals surface area contributed by atoms with Crippen molar-refractivity contribution < 1.29 is 4.39 Å². The van der Waals surface area contributed by atoms with Crippen molar-refractivity contribution in [3.05, 3.63) is 72.7 Å². The molecule has 29 heavy (non-hydrogen) atoms. The van der Waals surface area contributed by atoms with Crippen LogP contribution in [0.15, 0.2) is 67.1 Å². The summed E-state index contributed by atoms with van der Waals surface area (Å²) < 4.78 is 17.4. The lowest BCUT2D eigenvalue weighted by atomic mass is 9.87. The lowest BCUT2D eigenvalue weighted by Crippen LogP contribution is -2.36. The van der Waals surface area contributed by atoms with Crippen molar-refractivity contribution in [1.29, 1.82) is 0 Å². The van der Waals surface area contributed by atoms with E-state index in [0.717, 1.165) is 16.6 Å². The second kappa shape index (κ2) is 7.25. The summed E-state index contributed by atoms with van der Waals surface area (Å²) in [5, 5.41) is 12.2. The number of aromatic nitrogens is 4. The van der Waals surface area contributed by atoms with Crippen LogP contribution < -0.4 is 10.6 Å². The second-order valence-electron chi connectivity index (χ2n) is 7.26. The van der Waals surface area contributed by atoms with Crippen LogP contribution in [0.3, 0.4) is 0 Å². The highest BCUT2D eigenvalue weighted by atomic mass is 19.1. The maximum atomic E-state index is 15.5. The molecule has 7 heteroatoms. The van der Waals surface area contributed by atoms with E-state index in [4.69, 9.17) is 5.10 Å². The molecular formula is C22H21FN6. The zero-order chi connectivity index (χ0) is 19.7. The predicted molar refractivity (Wildman–Crippen MR) is 111 cm³/mol. The van der Waals surface area contributed by atoms with Gasteiger partial charge in [-0.3, -0.25) is 4.98 Å². The summed E-state index contributed by atoms with van der Waals surface area (Å²) >= 11 is 0. The summed E-state index contributed by atoms with van der Waals surface area (Å²) in [6.07, 6.45) is 5.87. The molecule has 0 aliphatic carbocycles. The van der Waals surface area contributed by atoms with E-state index in [1.165, 1.54) is 0 Å². The van der Waals surface area contributed by atoms with E-state index >= 15 is 4.39 Å². The van der Waals surface area contributed by atoms with Crippen LogP contribution in [-0.2, 0) is 5.67 Å². The molecule has 0 unspecified atom stereocenters. The topological polar surface area (TPSA) is 67.7 Å². The van der Waals surface area contributed by atoms with Crippen molar-refractivity contribution in [2.75, 3.05) is 18.4 Å². The molecule has 1 aliphatic rings. The summed E-state index contributed by atoms with van der Waals surface area (Å²) in [5.74, 6) is 1.30. The minimum atomic E-state index is -1.30. The van der Waals surface area contributed by atoms with Gasteiger partial charge in [0.1, 0.15) is 11.5 Å². The van der Waals surface area contributed by atoms with E-state index in [1.807, 2.05) is 53.2 Å². The van der Waals surface area contributed by atoms with Crippen molar-refractivity contribution >= 4 is 22.5 Å². The van der Waals surface area contributed by atoms with E-state index in [-0.39, 0.29) is 0 Å². The monoisotopic (exact) mass is 388 g/mol. The molecule has 4 aromatic rings. The fourth-order valence-electron chi connectivity index (χ4n) is 3.87. The molecule has 2 aromatic carbocycles. The Morgan fingerprint density at radius 1 is 1.03 bits per heavy atom. The number of hydrogen-bond acceptors (Lipinski definition) is 5. The number of nitrogens with one attached hydrogen (secondary N) is 2. The molecule has 5 rings (SSSR count). The average Bonchev–Trinajstić information content (AvgIpc) is 3.14. The molecule has 0 radical (unpaired) electrons. The molecule has 146 valence electrons. The highest BCUT2D eigenvalue weighted by Crippen LogP contribution is 2.36. The molecule has 6 nitrogen and oxygen atoms in total. The van der Waals surface area contributed by atoms with Crippen LogP contribution in [0.5, 0.6) is 0 Å². The van der Waals surface area contributed by atoms with Crippen molar-refractivity contribution in [1.82, 2.24) is 25.1 Å². The molecular weight excluding hydrogens is 367 g/mol. The third-order valence-electron chi connectivity index (χ3n) is 5.40.